The molecule has 1 saturated heterocycles. The lowest BCUT2D eigenvalue weighted by Crippen LogP contribution is -2.46. The van der Waals surface area contributed by atoms with Crippen LogP contribution < -0.4 is 15.5 Å². The first kappa shape index (κ1) is 19.6. The molecule has 3 aromatic rings. The van der Waals surface area contributed by atoms with E-state index in [9.17, 15) is 18.0 Å². The highest BCUT2D eigenvalue weighted by Gasteiger charge is 2.34. The normalized spacial score (nSPS) is 14.4. The molecule has 3 heterocycles. The van der Waals surface area contributed by atoms with Gasteiger partial charge in [-0.25, -0.2) is 14.8 Å². The maximum Gasteiger partial charge on any atom is 0.433 e. The first-order valence-corrected chi connectivity index (χ1v) is 9.19. The molecule has 7 nitrogen and oxygen atoms in total. The molecule has 0 radical (unpaired) electrons. The van der Waals surface area contributed by atoms with Crippen molar-refractivity contribution in [3.05, 3.63) is 60.6 Å². The summed E-state index contributed by atoms with van der Waals surface area (Å²) in [4.78, 5) is 25.4. The third kappa shape index (κ3) is 4.32. The fourth-order valence-electron chi connectivity index (χ4n) is 3.06. The molecule has 2 aromatic heterocycles. The van der Waals surface area contributed by atoms with Crippen LogP contribution in [-0.4, -0.2) is 34.1 Å². The number of hydrogen-bond acceptors (Lipinski definition) is 5. The quantitative estimate of drug-likeness (QED) is 0.668. The van der Waals surface area contributed by atoms with Gasteiger partial charge in [0.05, 0.1) is 0 Å². The molecule has 10 heteroatoms. The summed E-state index contributed by atoms with van der Waals surface area (Å²) in [5, 5.41) is 5.66. The van der Waals surface area contributed by atoms with E-state index in [1.807, 2.05) is 0 Å². The molecule has 2 amide bonds. The molecule has 4 rings (SSSR count). The monoisotopic (exact) mass is 414 g/mol. The number of nitrogens with zero attached hydrogens (tertiary/aromatic N) is 4. The van der Waals surface area contributed by atoms with Crippen LogP contribution in [0.4, 0.5) is 35.2 Å². The lowest BCUT2D eigenvalue weighted by atomic mass is 10.2. The van der Waals surface area contributed by atoms with Crippen LogP contribution in [-0.2, 0) is 6.18 Å². The van der Waals surface area contributed by atoms with E-state index in [-0.39, 0.29) is 17.7 Å². The molecule has 0 atom stereocenters. The molecular formula is C20H17F3N6O. The predicted octanol–water partition coefficient (Wildman–Crippen LogP) is 4.22. The van der Waals surface area contributed by atoms with E-state index in [4.69, 9.17) is 0 Å². The number of urea groups is 1. The van der Waals surface area contributed by atoms with Crippen molar-refractivity contribution >= 4 is 23.2 Å². The fourth-order valence-corrected chi connectivity index (χ4v) is 3.06. The molecular weight excluding hydrogens is 397 g/mol. The van der Waals surface area contributed by atoms with Crippen molar-refractivity contribution in [2.75, 3.05) is 23.3 Å². The van der Waals surface area contributed by atoms with Gasteiger partial charge < -0.3 is 10.6 Å². The minimum atomic E-state index is -4.63. The molecule has 1 fully saturated rings. The lowest BCUT2D eigenvalue weighted by molar-refractivity contribution is -0.141. The van der Waals surface area contributed by atoms with Gasteiger partial charge in [-0.05, 0) is 36.8 Å². The van der Waals surface area contributed by atoms with Crippen LogP contribution in [0.2, 0.25) is 0 Å². The molecule has 0 unspecified atom stereocenters. The van der Waals surface area contributed by atoms with Gasteiger partial charge in [-0.1, -0.05) is 6.07 Å². The molecule has 1 aliphatic heterocycles. The van der Waals surface area contributed by atoms with Gasteiger partial charge in [-0.2, -0.15) is 13.2 Å². The van der Waals surface area contributed by atoms with Gasteiger partial charge in [-0.15, -0.1) is 0 Å². The van der Waals surface area contributed by atoms with Crippen molar-refractivity contribution in [3.63, 3.8) is 0 Å². The number of halogens is 3. The van der Waals surface area contributed by atoms with Gasteiger partial charge >= 0.3 is 12.2 Å². The second-order valence-corrected chi connectivity index (χ2v) is 6.61. The number of nitrogens with one attached hydrogen (secondary N) is 2. The Morgan fingerprint density at radius 3 is 2.70 bits per heavy atom. The van der Waals surface area contributed by atoms with Crippen LogP contribution in [0.15, 0.2) is 54.9 Å². The number of amides is 2. The third-order valence-corrected chi connectivity index (χ3v) is 4.45. The van der Waals surface area contributed by atoms with E-state index >= 15 is 0 Å². The average molecular weight is 414 g/mol. The summed E-state index contributed by atoms with van der Waals surface area (Å²) < 4.78 is 40.1. The summed E-state index contributed by atoms with van der Waals surface area (Å²) >= 11 is 0. The molecule has 154 valence electrons. The van der Waals surface area contributed by atoms with Crippen LogP contribution >= 0.6 is 0 Å². The maximum atomic E-state index is 13.4. The Balaban J connectivity index is 1.67. The number of hydrogen-bond donors (Lipinski definition) is 2. The topological polar surface area (TPSA) is 83.0 Å². The van der Waals surface area contributed by atoms with Crippen LogP contribution in [0.25, 0.3) is 11.4 Å². The van der Waals surface area contributed by atoms with E-state index < -0.39 is 11.9 Å². The maximum absolute atomic E-state index is 13.4. The summed E-state index contributed by atoms with van der Waals surface area (Å²) in [5.41, 5.74) is 0.431. The largest absolute Gasteiger partial charge is 0.433 e. The highest BCUT2D eigenvalue weighted by atomic mass is 19.4. The number of alkyl halides is 3. The number of carbonyl (C=O) groups is 1. The van der Waals surface area contributed by atoms with Gasteiger partial charge in [0.25, 0.3) is 0 Å². The number of benzene rings is 1. The first-order chi connectivity index (χ1) is 14.4. The van der Waals surface area contributed by atoms with E-state index in [1.165, 1.54) is 12.4 Å². The predicted molar refractivity (Wildman–Crippen MR) is 105 cm³/mol. The van der Waals surface area contributed by atoms with Gasteiger partial charge in [-0.3, -0.25) is 9.88 Å². The zero-order valence-electron chi connectivity index (χ0n) is 15.6. The second-order valence-electron chi connectivity index (χ2n) is 6.61. The lowest BCUT2D eigenvalue weighted by Gasteiger charge is -2.27. The highest BCUT2D eigenvalue weighted by Crippen LogP contribution is 2.32. The number of pyridine rings is 1. The minimum Gasteiger partial charge on any atom is -0.340 e. The number of carbonyl (C=O) groups excluding carboxylic acids is 1. The van der Waals surface area contributed by atoms with Crippen LogP contribution in [0, 0.1) is 0 Å². The van der Waals surface area contributed by atoms with Gasteiger partial charge in [0, 0.05) is 48.5 Å². The average Bonchev–Trinajstić information content (AvgIpc) is 2.74. The van der Waals surface area contributed by atoms with E-state index in [0.29, 0.717) is 30.0 Å². The smallest absolute Gasteiger partial charge is 0.340 e. The van der Waals surface area contributed by atoms with Crippen molar-refractivity contribution in [1.29, 1.82) is 0 Å². The summed E-state index contributed by atoms with van der Waals surface area (Å²) in [6, 6.07) is 10.7. The van der Waals surface area contributed by atoms with Gasteiger partial charge in [0.15, 0.2) is 11.5 Å². The van der Waals surface area contributed by atoms with Crippen molar-refractivity contribution in [3.8, 4) is 11.4 Å². The molecule has 0 spiro atoms. The van der Waals surface area contributed by atoms with Crippen molar-refractivity contribution in [2.45, 2.75) is 12.6 Å². The van der Waals surface area contributed by atoms with Crippen LogP contribution in [0.5, 0.6) is 0 Å². The Morgan fingerprint density at radius 2 is 1.97 bits per heavy atom. The standard InChI is InChI=1S/C20H17F3N6O/c21-20(22,23)16-11-17(28-18(27-16)13-4-2-7-24-12-13)26-14-5-1-6-15(10-14)29-9-3-8-25-19(29)30/h1-2,4-7,10-12H,3,8-9H2,(H,25,30)(H,26,27,28). The van der Waals surface area contributed by atoms with Crippen molar-refractivity contribution in [2.24, 2.45) is 0 Å². The highest BCUT2D eigenvalue weighted by molar-refractivity contribution is 5.93. The molecule has 1 aromatic carbocycles. The summed E-state index contributed by atoms with van der Waals surface area (Å²) in [7, 11) is 0. The number of aromatic nitrogens is 3. The van der Waals surface area contributed by atoms with E-state index in [1.54, 1.807) is 41.3 Å². The van der Waals surface area contributed by atoms with E-state index in [0.717, 1.165) is 12.5 Å². The Hall–Kier alpha value is -3.69. The molecule has 0 bridgehead atoms. The van der Waals surface area contributed by atoms with Gasteiger partial charge in [0.2, 0.25) is 0 Å². The first-order valence-electron chi connectivity index (χ1n) is 9.19. The van der Waals surface area contributed by atoms with Gasteiger partial charge in [0.1, 0.15) is 5.82 Å². The fraction of sp³-hybridized carbons (Fsp3) is 0.200. The molecule has 0 aliphatic carbocycles. The number of rotatable bonds is 4. The Kier molecular flexibility index (Phi) is 5.21. The summed E-state index contributed by atoms with van der Waals surface area (Å²) in [6.07, 6.45) is -0.920. The zero-order valence-corrected chi connectivity index (χ0v) is 15.6. The van der Waals surface area contributed by atoms with Crippen LogP contribution in [0.3, 0.4) is 0 Å². The second kappa shape index (κ2) is 7.97. The van der Waals surface area contributed by atoms with E-state index in [2.05, 4.69) is 25.6 Å². The van der Waals surface area contributed by atoms with Crippen molar-refractivity contribution < 1.29 is 18.0 Å². The minimum absolute atomic E-state index is 0.0172. The zero-order chi connectivity index (χ0) is 21.1. The third-order valence-electron chi connectivity index (χ3n) is 4.45. The Morgan fingerprint density at radius 1 is 1.10 bits per heavy atom. The summed E-state index contributed by atoms with van der Waals surface area (Å²) in [6.45, 7) is 1.18. The number of anilines is 3. The Labute approximate surface area is 170 Å². The van der Waals surface area contributed by atoms with Crippen molar-refractivity contribution in [1.82, 2.24) is 20.3 Å². The Bertz CT molecular complexity index is 1060. The van der Waals surface area contributed by atoms with Crippen LogP contribution in [0.1, 0.15) is 12.1 Å². The SMILES string of the molecule is O=C1NCCCN1c1cccc(Nc2cc(C(F)(F)F)nc(-c3cccnc3)n2)c1. The molecule has 1 aliphatic rings. The molecule has 0 saturated carbocycles. The molecule has 30 heavy (non-hydrogen) atoms. The summed E-state index contributed by atoms with van der Waals surface area (Å²) in [5.74, 6) is -0.108. The molecule has 2 N–H and O–H groups in total.